The average molecular weight is 366 g/mol. The fraction of sp³-hybridized carbons (Fsp3) is 0.895. The molecule has 3 aliphatic heterocycles. The van der Waals surface area contributed by atoms with Gasteiger partial charge in [-0.25, -0.2) is 4.79 Å². The quantitative estimate of drug-likeness (QED) is 0.826. The van der Waals surface area contributed by atoms with Crippen molar-refractivity contribution in [3.63, 3.8) is 0 Å². The van der Waals surface area contributed by atoms with Gasteiger partial charge in [0, 0.05) is 32.2 Å². The Bertz CT molecular complexity index is 531. The van der Waals surface area contributed by atoms with Crippen LogP contribution in [0, 0.1) is 0 Å². The van der Waals surface area contributed by atoms with E-state index in [9.17, 15) is 4.79 Å². The van der Waals surface area contributed by atoms with E-state index in [4.69, 9.17) is 9.73 Å². The first kappa shape index (κ1) is 19.3. The van der Waals surface area contributed by atoms with Crippen LogP contribution >= 0.6 is 0 Å². The molecule has 3 heterocycles. The van der Waals surface area contributed by atoms with Crippen molar-refractivity contribution in [3.8, 4) is 0 Å². The van der Waals surface area contributed by atoms with Gasteiger partial charge in [-0.1, -0.05) is 13.3 Å². The number of carbonyl (C=O) groups excluding carboxylic acids is 1. The van der Waals surface area contributed by atoms with Crippen LogP contribution in [0.25, 0.3) is 0 Å². The van der Waals surface area contributed by atoms with Crippen LogP contribution < -0.4 is 5.32 Å². The fourth-order valence-electron chi connectivity index (χ4n) is 4.14. The summed E-state index contributed by atoms with van der Waals surface area (Å²) in [5.41, 5.74) is -0.446. The van der Waals surface area contributed by atoms with Crippen molar-refractivity contribution >= 4 is 12.1 Å². The maximum atomic E-state index is 12.3. The highest BCUT2D eigenvalue weighted by atomic mass is 16.6. The van der Waals surface area contributed by atoms with Crippen LogP contribution in [-0.2, 0) is 4.74 Å². The highest BCUT2D eigenvalue weighted by Crippen LogP contribution is 2.20. The van der Waals surface area contributed by atoms with Crippen LogP contribution in [0.2, 0.25) is 0 Å². The molecular weight excluding hydrogens is 330 g/mol. The standard InChI is InChI=1S/C19H35N5O2/c1-5-22-9-7-6-8-15(22)12-20-17-21-13-16-14-23(10-11-24(16)17)18(25)26-19(2,3)4/h15-16H,5-14H2,1-4H3,(H,20,21). The zero-order valence-corrected chi connectivity index (χ0v) is 16.8. The van der Waals surface area contributed by atoms with Gasteiger partial charge in [0.1, 0.15) is 5.60 Å². The Kier molecular flexibility index (Phi) is 5.95. The number of likely N-dealkylation sites (tertiary alicyclic amines) is 1. The summed E-state index contributed by atoms with van der Waals surface area (Å²) >= 11 is 0. The number of aliphatic imine (C=N–C) groups is 1. The third kappa shape index (κ3) is 4.61. The lowest BCUT2D eigenvalue weighted by Gasteiger charge is -2.40. The van der Waals surface area contributed by atoms with Crippen molar-refractivity contribution in [3.05, 3.63) is 0 Å². The topological polar surface area (TPSA) is 60.4 Å². The molecule has 1 N–H and O–H groups in total. The largest absolute Gasteiger partial charge is 0.444 e. The molecule has 2 unspecified atom stereocenters. The molecule has 2 fully saturated rings. The second kappa shape index (κ2) is 8.03. The van der Waals surface area contributed by atoms with Crippen LogP contribution in [0.4, 0.5) is 4.79 Å². The summed E-state index contributed by atoms with van der Waals surface area (Å²) in [6.45, 7) is 14.2. The number of piperidine rings is 1. The summed E-state index contributed by atoms with van der Waals surface area (Å²) in [6.07, 6.45) is 3.70. The molecule has 26 heavy (non-hydrogen) atoms. The van der Waals surface area contributed by atoms with Gasteiger partial charge in [0.2, 0.25) is 0 Å². The summed E-state index contributed by atoms with van der Waals surface area (Å²) in [5, 5.41) is 3.60. The highest BCUT2D eigenvalue weighted by Gasteiger charge is 2.36. The van der Waals surface area contributed by atoms with Crippen LogP contribution in [0.15, 0.2) is 4.99 Å². The van der Waals surface area contributed by atoms with E-state index in [0.717, 1.165) is 32.1 Å². The van der Waals surface area contributed by atoms with Gasteiger partial charge in [-0.15, -0.1) is 0 Å². The van der Waals surface area contributed by atoms with E-state index in [1.54, 1.807) is 0 Å². The number of nitrogens with one attached hydrogen (secondary N) is 1. The van der Waals surface area contributed by atoms with Crippen LogP contribution in [0.5, 0.6) is 0 Å². The molecule has 0 saturated carbocycles. The van der Waals surface area contributed by atoms with Gasteiger partial charge in [0.25, 0.3) is 0 Å². The predicted molar refractivity (Wildman–Crippen MR) is 103 cm³/mol. The van der Waals surface area contributed by atoms with E-state index >= 15 is 0 Å². The Morgan fingerprint density at radius 1 is 1.27 bits per heavy atom. The van der Waals surface area contributed by atoms with Gasteiger partial charge >= 0.3 is 6.09 Å². The molecule has 2 atom stereocenters. The minimum atomic E-state index is -0.446. The van der Waals surface area contributed by atoms with Gasteiger partial charge in [-0.2, -0.15) is 0 Å². The number of guanidine groups is 1. The number of likely N-dealkylation sites (N-methyl/N-ethyl adjacent to an activating group) is 1. The number of hydrogen-bond donors (Lipinski definition) is 1. The molecule has 0 aromatic rings. The molecule has 3 aliphatic rings. The lowest BCUT2D eigenvalue weighted by Crippen LogP contribution is -2.58. The molecule has 148 valence electrons. The van der Waals surface area contributed by atoms with E-state index in [2.05, 4.69) is 22.0 Å². The molecule has 2 saturated heterocycles. The Balaban J connectivity index is 1.48. The fourth-order valence-corrected chi connectivity index (χ4v) is 4.14. The van der Waals surface area contributed by atoms with Crippen molar-refractivity contribution in [1.29, 1.82) is 0 Å². The minimum absolute atomic E-state index is 0.209. The number of hydrogen-bond acceptors (Lipinski definition) is 6. The molecule has 0 aromatic heterocycles. The molecule has 0 bridgehead atoms. The van der Waals surface area contributed by atoms with Gasteiger partial charge in [-0.3, -0.25) is 9.89 Å². The van der Waals surface area contributed by atoms with E-state index < -0.39 is 5.60 Å². The maximum absolute atomic E-state index is 12.3. The van der Waals surface area contributed by atoms with E-state index in [0.29, 0.717) is 19.1 Å². The molecule has 0 radical (unpaired) electrons. The van der Waals surface area contributed by atoms with Crippen LogP contribution in [0.3, 0.4) is 0 Å². The number of rotatable bonds is 3. The maximum Gasteiger partial charge on any atom is 0.410 e. The summed E-state index contributed by atoms with van der Waals surface area (Å²) in [7, 11) is 0. The molecule has 7 heteroatoms. The highest BCUT2D eigenvalue weighted by molar-refractivity contribution is 5.82. The summed E-state index contributed by atoms with van der Waals surface area (Å²) in [5.74, 6) is 1.01. The second-order valence-electron chi connectivity index (χ2n) is 8.60. The first-order chi connectivity index (χ1) is 12.4. The average Bonchev–Trinajstić information content (AvgIpc) is 3.01. The third-order valence-corrected chi connectivity index (χ3v) is 5.51. The summed E-state index contributed by atoms with van der Waals surface area (Å²) in [6, 6.07) is 0.881. The zero-order chi connectivity index (χ0) is 18.7. The van der Waals surface area contributed by atoms with E-state index in [1.165, 1.54) is 25.8 Å². The first-order valence-corrected chi connectivity index (χ1v) is 10.1. The van der Waals surface area contributed by atoms with Crippen molar-refractivity contribution in [2.45, 2.75) is 64.6 Å². The van der Waals surface area contributed by atoms with Crippen LogP contribution in [-0.4, -0.2) is 90.3 Å². The molecule has 0 aromatic carbocycles. The number of carbonyl (C=O) groups is 1. The Hall–Kier alpha value is -1.50. The number of piperazine rings is 1. The Morgan fingerprint density at radius 2 is 2.08 bits per heavy atom. The predicted octanol–water partition coefficient (Wildman–Crippen LogP) is 1.74. The lowest BCUT2D eigenvalue weighted by molar-refractivity contribution is 0.0137. The van der Waals surface area contributed by atoms with Crippen molar-refractivity contribution in [2.75, 3.05) is 45.8 Å². The molecule has 1 amide bonds. The molecular formula is C19H35N5O2. The van der Waals surface area contributed by atoms with Crippen molar-refractivity contribution in [1.82, 2.24) is 20.0 Å². The smallest absolute Gasteiger partial charge is 0.410 e. The van der Waals surface area contributed by atoms with Gasteiger partial charge in [0.15, 0.2) is 5.96 Å². The normalized spacial score (nSPS) is 27.2. The second-order valence-corrected chi connectivity index (χ2v) is 8.60. The van der Waals surface area contributed by atoms with Gasteiger partial charge in [-0.05, 0) is 46.7 Å². The molecule has 0 aliphatic carbocycles. The Morgan fingerprint density at radius 3 is 2.81 bits per heavy atom. The van der Waals surface area contributed by atoms with Crippen LogP contribution in [0.1, 0.15) is 47.0 Å². The van der Waals surface area contributed by atoms with E-state index in [-0.39, 0.29) is 12.1 Å². The summed E-state index contributed by atoms with van der Waals surface area (Å²) in [4.78, 5) is 23.8. The molecule has 3 rings (SSSR count). The Labute approximate surface area is 157 Å². The third-order valence-electron chi connectivity index (χ3n) is 5.51. The lowest BCUT2D eigenvalue weighted by atomic mass is 10.0. The zero-order valence-electron chi connectivity index (χ0n) is 16.8. The number of fused-ring (bicyclic) bond motifs is 1. The number of ether oxygens (including phenoxy) is 1. The van der Waals surface area contributed by atoms with Gasteiger partial charge < -0.3 is 19.9 Å². The monoisotopic (exact) mass is 365 g/mol. The first-order valence-electron chi connectivity index (χ1n) is 10.1. The van der Waals surface area contributed by atoms with Gasteiger partial charge in [0.05, 0.1) is 12.6 Å². The molecule has 7 nitrogen and oxygen atoms in total. The summed E-state index contributed by atoms with van der Waals surface area (Å²) < 4.78 is 5.51. The van der Waals surface area contributed by atoms with E-state index in [1.807, 2.05) is 25.7 Å². The minimum Gasteiger partial charge on any atom is -0.444 e. The SMILES string of the molecule is CCN1CCCCC1CNC1=NCC2CN(C(=O)OC(C)(C)C)CCN12. The van der Waals surface area contributed by atoms with Crippen molar-refractivity contribution < 1.29 is 9.53 Å². The molecule has 0 spiro atoms. The number of amides is 1. The number of nitrogens with zero attached hydrogens (tertiary/aromatic N) is 4. The van der Waals surface area contributed by atoms with Crippen molar-refractivity contribution in [2.24, 2.45) is 4.99 Å².